The van der Waals surface area contributed by atoms with E-state index in [1.807, 2.05) is 41.3 Å². The van der Waals surface area contributed by atoms with Crippen molar-refractivity contribution in [2.75, 3.05) is 31.1 Å². The molecule has 1 aliphatic rings. The highest BCUT2D eigenvalue weighted by molar-refractivity contribution is 6.31. The van der Waals surface area contributed by atoms with Gasteiger partial charge in [-0.25, -0.2) is 9.97 Å². The quantitative estimate of drug-likeness (QED) is 0.443. The Morgan fingerprint density at radius 1 is 0.970 bits per heavy atom. The van der Waals surface area contributed by atoms with Gasteiger partial charge in [-0.2, -0.15) is 0 Å². The summed E-state index contributed by atoms with van der Waals surface area (Å²) in [5.74, 6) is 0.790. The Hall–Kier alpha value is -3.38. The van der Waals surface area contributed by atoms with E-state index in [4.69, 9.17) is 11.6 Å². The number of fused-ring (bicyclic) bond motifs is 1. The zero-order valence-electron chi connectivity index (χ0n) is 18.8. The molecule has 2 aromatic carbocycles. The van der Waals surface area contributed by atoms with Crippen LogP contribution < -0.4 is 4.90 Å². The first-order chi connectivity index (χ1) is 16.0. The van der Waals surface area contributed by atoms with Crippen LogP contribution in [0.25, 0.3) is 10.9 Å². The Kier molecular flexibility index (Phi) is 5.77. The number of carbonyl (C=O) groups is 1. The molecule has 0 aliphatic carbocycles. The molecule has 0 spiro atoms. The first-order valence-corrected chi connectivity index (χ1v) is 11.5. The predicted molar refractivity (Wildman–Crippen MR) is 132 cm³/mol. The van der Waals surface area contributed by atoms with Crippen molar-refractivity contribution in [3.63, 3.8) is 0 Å². The number of anilines is 1. The number of hydrogen-bond donors (Lipinski definition) is 0. The van der Waals surface area contributed by atoms with Gasteiger partial charge in [0.05, 0.1) is 0 Å². The minimum absolute atomic E-state index is 0.0708. The van der Waals surface area contributed by atoms with E-state index >= 15 is 0 Å². The van der Waals surface area contributed by atoms with Gasteiger partial charge in [0.25, 0.3) is 5.91 Å². The average Bonchev–Trinajstić information content (AvgIpc) is 3.10. The van der Waals surface area contributed by atoms with Gasteiger partial charge in [-0.1, -0.05) is 29.8 Å². The first-order valence-electron chi connectivity index (χ1n) is 11.2. The van der Waals surface area contributed by atoms with Gasteiger partial charge >= 0.3 is 0 Å². The second-order valence-corrected chi connectivity index (χ2v) is 8.86. The maximum absolute atomic E-state index is 13.3. The normalized spacial score (nSPS) is 14.2. The van der Waals surface area contributed by atoms with Crippen LogP contribution in [0.15, 0.2) is 60.9 Å². The van der Waals surface area contributed by atoms with E-state index in [1.165, 1.54) is 11.3 Å². The molecule has 0 N–H and O–H groups in total. The minimum Gasteiger partial charge on any atom is -0.340 e. The molecule has 0 radical (unpaired) electrons. The summed E-state index contributed by atoms with van der Waals surface area (Å²) in [6.45, 7) is 7.70. The highest BCUT2D eigenvalue weighted by atomic mass is 35.5. The zero-order valence-corrected chi connectivity index (χ0v) is 19.6. The zero-order chi connectivity index (χ0) is 22.9. The third kappa shape index (κ3) is 4.07. The lowest BCUT2D eigenvalue weighted by molar-refractivity contribution is 0.0746. The molecule has 168 valence electrons. The molecule has 1 saturated heterocycles. The fourth-order valence-corrected chi connectivity index (χ4v) is 4.73. The van der Waals surface area contributed by atoms with Gasteiger partial charge in [0, 0.05) is 72.3 Å². The molecule has 5 rings (SSSR count). The molecule has 4 aromatic rings. The van der Waals surface area contributed by atoms with E-state index in [0.29, 0.717) is 19.6 Å². The second kappa shape index (κ2) is 8.87. The van der Waals surface area contributed by atoms with Crippen LogP contribution in [0.3, 0.4) is 0 Å². The van der Waals surface area contributed by atoms with E-state index in [-0.39, 0.29) is 5.91 Å². The number of halogens is 1. The van der Waals surface area contributed by atoms with Crippen molar-refractivity contribution in [2.24, 2.45) is 0 Å². The number of benzene rings is 2. The molecule has 0 bridgehead atoms. The van der Waals surface area contributed by atoms with Crippen LogP contribution in [0, 0.1) is 13.8 Å². The van der Waals surface area contributed by atoms with Crippen LogP contribution in [0.1, 0.15) is 27.2 Å². The van der Waals surface area contributed by atoms with Crippen molar-refractivity contribution < 1.29 is 4.79 Å². The molecule has 33 heavy (non-hydrogen) atoms. The number of aromatic nitrogens is 3. The molecule has 0 unspecified atom stereocenters. The van der Waals surface area contributed by atoms with Gasteiger partial charge in [0.15, 0.2) is 0 Å². The van der Waals surface area contributed by atoms with Crippen LogP contribution in [0.4, 0.5) is 5.95 Å². The van der Waals surface area contributed by atoms with Crippen molar-refractivity contribution in [1.82, 2.24) is 19.4 Å². The summed E-state index contributed by atoms with van der Waals surface area (Å²) in [6, 6.07) is 15.8. The topological polar surface area (TPSA) is 54.3 Å². The Morgan fingerprint density at radius 3 is 2.42 bits per heavy atom. The van der Waals surface area contributed by atoms with Gasteiger partial charge < -0.3 is 14.4 Å². The highest BCUT2D eigenvalue weighted by Crippen LogP contribution is 2.29. The largest absolute Gasteiger partial charge is 0.340 e. The Labute approximate surface area is 198 Å². The fraction of sp³-hybridized carbons (Fsp3) is 0.269. The Bertz CT molecular complexity index is 1310. The summed E-state index contributed by atoms with van der Waals surface area (Å²) in [5.41, 5.74) is 5.31. The molecular weight excluding hydrogens is 434 g/mol. The molecule has 0 saturated carbocycles. The van der Waals surface area contributed by atoms with Gasteiger partial charge in [-0.3, -0.25) is 4.79 Å². The minimum atomic E-state index is 0.0708. The predicted octanol–water partition coefficient (Wildman–Crippen LogP) is 4.71. The molecule has 6 nitrogen and oxygen atoms in total. The molecule has 1 aliphatic heterocycles. The van der Waals surface area contributed by atoms with E-state index in [2.05, 4.69) is 45.4 Å². The first kappa shape index (κ1) is 21.5. The molecule has 1 fully saturated rings. The number of carbonyl (C=O) groups excluding carboxylic acids is 1. The number of hydrogen-bond acceptors (Lipinski definition) is 4. The van der Waals surface area contributed by atoms with E-state index in [0.717, 1.165) is 46.1 Å². The summed E-state index contributed by atoms with van der Waals surface area (Å²) in [5, 5.41) is 1.88. The second-order valence-electron chi connectivity index (χ2n) is 8.45. The lowest BCUT2D eigenvalue weighted by Crippen LogP contribution is -2.49. The van der Waals surface area contributed by atoms with E-state index < -0.39 is 0 Å². The fourth-order valence-electron chi connectivity index (χ4n) is 4.53. The summed E-state index contributed by atoms with van der Waals surface area (Å²) in [6.07, 6.45) is 3.49. The average molecular weight is 460 g/mol. The smallest absolute Gasteiger partial charge is 0.253 e. The standard InChI is InChI=1S/C26H26ClN5O/c1-18-19(2)32(17-21-6-3-4-7-23(21)27)24-9-8-20(16-22(18)24)25(33)30-12-14-31(15-13-30)26-28-10-5-11-29-26/h3-11,16H,12-15,17H2,1-2H3. The van der Waals surface area contributed by atoms with Crippen LogP contribution in [-0.2, 0) is 6.54 Å². The van der Waals surface area contributed by atoms with Crippen molar-refractivity contribution in [2.45, 2.75) is 20.4 Å². The number of nitrogens with zero attached hydrogens (tertiary/aromatic N) is 5. The summed E-state index contributed by atoms with van der Waals surface area (Å²) in [7, 11) is 0. The van der Waals surface area contributed by atoms with Gasteiger partial charge in [0.1, 0.15) is 0 Å². The Morgan fingerprint density at radius 2 is 1.70 bits per heavy atom. The molecule has 1 amide bonds. The lowest BCUT2D eigenvalue weighted by Gasteiger charge is -2.34. The van der Waals surface area contributed by atoms with Gasteiger partial charge in [0.2, 0.25) is 5.95 Å². The third-order valence-corrected chi connectivity index (χ3v) is 6.94. The van der Waals surface area contributed by atoms with Crippen molar-refractivity contribution >= 4 is 34.4 Å². The molecule has 7 heteroatoms. The van der Waals surface area contributed by atoms with Crippen molar-refractivity contribution in [3.8, 4) is 0 Å². The van der Waals surface area contributed by atoms with Crippen LogP contribution >= 0.6 is 11.6 Å². The monoisotopic (exact) mass is 459 g/mol. The summed E-state index contributed by atoms with van der Waals surface area (Å²) < 4.78 is 2.28. The molecular formula is C26H26ClN5O. The molecule has 3 heterocycles. The van der Waals surface area contributed by atoms with E-state index in [9.17, 15) is 4.79 Å². The van der Waals surface area contributed by atoms with E-state index in [1.54, 1.807) is 12.4 Å². The number of rotatable bonds is 4. The van der Waals surface area contributed by atoms with Gasteiger partial charge in [-0.15, -0.1) is 0 Å². The SMILES string of the molecule is Cc1c(C)n(Cc2ccccc2Cl)c2ccc(C(=O)N3CCN(c4ncccn4)CC3)cc12. The number of piperazine rings is 1. The number of aryl methyl sites for hydroxylation is 1. The van der Waals surface area contributed by atoms with Crippen molar-refractivity contribution in [1.29, 1.82) is 0 Å². The lowest BCUT2D eigenvalue weighted by atomic mass is 10.1. The van der Waals surface area contributed by atoms with Crippen LogP contribution in [0.5, 0.6) is 0 Å². The Balaban J connectivity index is 1.37. The third-order valence-electron chi connectivity index (χ3n) is 6.57. The maximum Gasteiger partial charge on any atom is 0.253 e. The van der Waals surface area contributed by atoms with Gasteiger partial charge in [-0.05, 0) is 55.3 Å². The summed E-state index contributed by atoms with van der Waals surface area (Å²) in [4.78, 5) is 26.0. The molecule has 2 aromatic heterocycles. The van der Waals surface area contributed by atoms with Crippen molar-refractivity contribution in [3.05, 3.63) is 88.3 Å². The van der Waals surface area contributed by atoms with Crippen LogP contribution in [0.2, 0.25) is 5.02 Å². The van der Waals surface area contributed by atoms with Crippen LogP contribution in [-0.4, -0.2) is 51.5 Å². The molecule has 0 atom stereocenters. The maximum atomic E-state index is 13.3. The summed E-state index contributed by atoms with van der Waals surface area (Å²) >= 11 is 6.41. The number of amides is 1. The highest BCUT2D eigenvalue weighted by Gasteiger charge is 2.24.